The number of nitrogens with zero attached hydrogens (tertiary/aromatic N) is 1. The number of hydrogen-bond donors (Lipinski definition) is 1. The van der Waals surface area contributed by atoms with Crippen molar-refractivity contribution in [1.82, 2.24) is 10.2 Å². The van der Waals surface area contributed by atoms with Gasteiger partial charge in [-0.1, -0.05) is 67.8 Å². The zero-order valence-corrected chi connectivity index (χ0v) is 19.5. The molecule has 0 saturated heterocycles. The number of hydrogen-bond acceptors (Lipinski definition) is 3. The summed E-state index contributed by atoms with van der Waals surface area (Å²) in [6.45, 7) is 2.71. The third-order valence-corrected chi connectivity index (χ3v) is 6.30. The Labute approximate surface area is 196 Å². The van der Waals surface area contributed by atoms with Crippen molar-refractivity contribution in [3.8, 4) is 5.75 Å². The number of benzene rings is 2. The second-order valence-electron chi connectivity index (χ2n) is 8.29. The summed E-state index contributed by atoms with van der Waals surface area (Å²) in [6, 6.07) is 16.7. The molecule has 1 N–H and O–H groups in total. The molecule has 5 nitrogen and oxygen atoms in total. The van der Waals surface area contributed by atoms with Gasteiger partial charge in [-0.05, 0) is 49.4 Å². The van der Waals surface area contributed by atoms with E-state index in [4.69, 9.17) is 16.3 Å². The molecular weight excluding hydrogens is 424 g/mol. The lowest BCUT2D eigenvalue weighted by Gasteiger charge is -2.32. The highest BCUT2D eigenvalue weighted by Crippen LogP contribution is 2.22. The van der Waals surface area contributed by atoms with E-state index in [-0.39, 0.29) is 17.9 Å². The van der Waals surface area contributed by atoms with Gasteiger partial charge in [0.05, 0.1) is 6.61 Å². The van der Waals surface area contributed by atoms with Crippen molar-refractivity contribution in [1.29, 1.82) is 0 Å². The van der Waals surface area contributed by atoms with Crippen LogP contribution in [0.15, 0.2) is 54.6 Å². The highest BCUT2D eigenvalue weighted by molar-refractivity contribution is 6.31. The number of ether oxygens (including phenoxy) is 1. The largest absolute Gasteiger partial charge is 0.494 e. The standard InChI is InChI=1S/C26H33ClN2O3/c1-2-24(26(31)28-21-12-7-8-13-21)29(19-20-11-6-9-16-23(20)27)25(30)17-10-18-32-22-14-4-3-5-15-22/h3-6,9,11,14-16,21,24H,2,7-8,10,12-13,17-19H2,1H3,(H,28,31). The van der Waals surface area contributed by atoms with Gasteiger partial charge in [0.2, 0.25) is 11.8 Å². The van der Waals surface area contributed by atoms with Gasteiger partial charge in [0.15, 0.2) is 0 Å². The summed E-state index contributed by atoms with van der Waals surface area (Å²) < 4.78 is 5.73. The Balaban J connectivity index is 1.66. The highest BCUT2D eigenvalue weighted by atomic mass is 35.5. The zero-order chi connectivity index (χ0) is 22.8. The average Bonchev–Trinajstić information content (AvgIpc) is 3.31. The van der Waals surface area contributed by atoms with Crippen LogP contribution in [-0.4, -0.2) is 35.4 Å². The van der Waals surface area contributed by atoms with Gasteiger partial charge < -0.3 is 15.0 Å². The molecule has 1 aliphatic rings. The minimum absolute atomic E-state index is 0.0602. The molecule has 3 rings (SSSR count). The third-order valence-electron chi connectivity index (χ3n) is 5.93. The molecule has 1 unspecified atom stereocenters. The molecule has 0 spiro atoms. The maximum absolute atomic E-state index is 13.3. The summed E-state index contributed by atoms with van der Waals surface area (Å²) in [4.78, 5) is 28.1. The topological polar surface area (TPSA) is 58.6 Å². The number of amides is 2. The fraction of sp³-hybridized carbons (Fsp3) is 0.462. The van der Waals surface area contributed by atoms with E-state index in [1.165, 1.54) is 0 Å². The molecule has 2 aromatic carbocycles. The molecule has 0 bridgehead atoms. The minimum atomic E-state index is -0.519. The summed E-state index contributed by atoms with van der Waals surface area (Å²) in [6.07, 6.45) is 5.75. The first-order valence-corrected chi connectivity index (χ1v) is 12.0. The van der Waals surface area contributed by atoms with E-state index in [1.807, 2.05) is 61.5 Å². The molecule has 0 heterocycles. The summed E-state index contributed by atoms with van der Waals surface area (Å²) in [5.41, 5.74) is 0.843. The fourth-order valence-electron chi connectivity index (χ4n) is 4.17. The predicted molar refractivity (Wildman–Crippen MR) is 128 cm³/mol. The van der Waals surface area contributed by atoms with Crippen LogP contribution in [-0.2, 0) is 16.1 Å². The minimum Gasteiger partial charge on any atom is -0.494 e. The maximum Gasteiger partial charge on any atom is 0.243 e. The molecule has 6 heteroatoms. The van der Waals surface area contributed by atoms with Crippen molar-refractivity contribution in [3.63, 3.8) is 0 Å². The van der Waals surface area contributed by atoms with E-state index in [2.05, 4.69) is 5.32 Å². The summed E-state index contributed by atoms with van der Waals surface area (Å²) >= 11 is 6.37. The monoisotopic (exact) mass is 456 g/mol. The SMILES string of the molecule is CCC(C(=O)NC1CCCC1)N(Cc1ccccc1Cl)C(=O)CCCOc1ccccc1. The molecule has 0 aromatic heterocycles. The van der Waals surface area contributed by atoms with Crippen molar-refractivity contribution in [3.05, 3.63) is 65.2 Å². The summed E-state index contributed by atoms with van der Waals surface area (Å²) in [5.74, 6) is 0.658. The molecule has 32 heavy (non-hydrogen) atoms. The van der Waals surface area contributed by atoms with Crippen LogP contribution in [0.1, 0.15) is 57.4 Å². The Morgan fingerprint density at radius 3 is 2.47 bits per heavy atom. The van der Waals surface area contributed by atoms with Crippen LogP contribution >= 0.6 is 11.6 Å². The highest BCUT2D eigenvalue weighted by Gasteiger charge is 2.30. The van der Waals surface area contributed by atoms with Crippen molar-refractivity contribution >= 4 is 23.4 Å². The molecule has 172 valence electrons. The molecule has 1 saturated carbocycles. The number of rotatable bonds is 11. The van der Waals surface area contributed by atoms with Crippen LogP contribution < -0.4 is 10.1 Å². The Kier molecular flexibility index (Phi) is 9.42. The first-order chi connectivity index (χ1) is 15.6. The molecule has 1 fully saturated rings. The lowest BCUT2D eigenvalue weighted by atomic mass is 10.1. The van der Waals surface area contributed by atoms with Gasteiger partial charge in [0.25, 0.3) is 0 Å². The maximum atomic E-state index is 13.3. The van der Waals surface area contributed by atoms with Gasteiger partial charge in [-0.25, -0.2) is 0 Å². The van der Waals surface area contributed by atoms with Crippen LogP contribution in [0, 0.1) is 0 Å². The van der Waals surface area contributed by atoms with Crippen LogP contribution in [0.3, 0.4) is 0 Å². The van der Waals surface area contributed by atoms with E-state index >= 15 is 0 Å². The Bertz CT molecular complexity index is 868. The zero-order valence-electron chi connectivity index (χ0n) is 18.8. The van der Waals surface area contributed by atoms with Crippen LogP contribution in [0.5, 0.6) is 5.75 Å². The van der Waals surface area contributed by atoms with Gasteiger partial charge in [-0.3, -0.25) is 9.59 Å². The van der Waals surface area contributed by atoms with Crippen LogP contribution in [0.25, 0.3) is 0 Å². The molecule has 2 amide bonds. The number of nitrogens with one attached hydrogen (secondary N) is 1. The fourth-order valence-corrected chi connectivity index (χ4v) is 4.37. The van der Waals surface area contributed by atoms with Crippen LogP contribution in [0.2, 0.25) is 5.02 Å². The van der Waals surface area contributed by atoms with Gasteiger partial charge in [-0.2, -0.15) is 0 Å². The van der Waals surface area contributed by atoms with Gasteiger partial charge >= 0.3 is 0 Å². The normalized spacial score (nSPS) is 14.7. The van der Waals surface area contributed by atoms with E-state index in [1.54, 1.807) is 4.90 Å². The van der Waals surface area contributed by atoms with Crippen molar-refractivity contribution in [2.45, 2.75) is 70.5 Å². The number of halogens is 1. The van der Waals surface area contributed by atoms with Crippen molar-refractivity contribution in [2.24, 2.45) is 0 Å². The van der Waals surface area contributed by atoms with Crippen molar-refractivity contribution in [2.75, 3.05) is 6.61 Å². The molecule has 1 aliphatic carbocycles. The molecule has 0 aliphatic heterocycles. The van der Waals surface area contributed by atoms with Crippen molar-refractivity contribution < 1.29 is 14.3 Å². The molecule has 2 aromatic rings. The lowest BCUT2D eigenvalue weighted by Crippen LogP contribution is -2.51. The second-order valence-corrected chi connectivity index (χ2v) is 8.70. The summed E-state index contributed by atoms with van der Waals surface area (Å²) in [7, 11) is 0. The smallest absolute Gasteiger partial charge is 0.243 e. The van der Waals surface area contributed by atoms with E-state index in [0.717, 1.165) is 37.0 Å². The van der Waals surface area contributed by atoms with E-state index in [9.17, 15) is 9.59 Å². The van der Waals surface area contributed by atoms with E-state index in [0.29, 0.717) is 37.4 Å². The molecular formula is C26H33ClN2O3. The molecule has 0 radical (unpaired) electrons. The number of para-hydroxylation sites is 1. The Morgan fingerprint density at radius 1 is 1.09 bits per heavy atom. The number of carbonyl (C=O) groups excluding carboxylic acids is 2. The predicted octanol–water partition coefficient (Wildman–Crippen LogP) is 5.37. The second kappa shape index (κ2) is 12.5. The van der Waals surface area contributed by atoms with Gasteiger partial charge in [-0.15, -0.1) is 0 Å². The van der Waals surface area contributed by atoms with Gasteiger partial charge in [0, 0.05) is 24.0 Å². The quantitative estimate of drug-likeness (QED) is 0.463. The lowest BCUT2D eigenvalue weighted by molar-refractivity contribution is -0.141. The number of carbonyl (C=O) groups is 2. The average molecular weight is 457 g/mol. The first-order valence-electron chi connectivity index (χ1n) is 11.6. The van der Waals surface area contributed by atoms with Crippen LogP contribution in [0.4, 0.5) is 0 Å². The third kappa shape index (κ3) is 6.99. The first kappa shape index (κ1) is 24.1. The Morgan fingerprint density at radius 2 is 1.78 bits per heavy atom. The van der Waals surface area contributed by atoms with Gasteiger partial charge in [0.1, 0.15) is 11.8 Å². The molecule has 1 atom stereocenters. The Hall–Kier alpha value is -2.53. The van der Waals surface area contributed by atoms with E-state index < -0.39 is 6.04 Å². The summed E-state index contributed by atoms with van der Waals surface area (Å²) in [5, 5.41) is 3.76.